The van der Waals surface area contributed by atoms with Gasteiger partial charge in [-0.05, 0) is 24.0 Å². The second-order valence-electron chi connectivity index (χ2n) is 4.97. The number of thioether (sulfide) groups is 2. The van der Waals surface area contributed by atoms with Crippen molar-refractivity contribution in [3.8, 4) is 0 Å². The van der Waals surface area contributed by atoms with Crippen molar-refractivity contribution < 1.29 is 8.42 Å². The number of hydrazone groups is 1. The van der Waals surface area contributed by atoms with Gasteiger partial charge in [-0.15, -0.1) is 11.8 Å². The number of rotatable bonds is 3. The minimum atomic E-state index is -2.99. The average molecular weight is 341 g/mol. The Bertz CT molecular complexity index is 685. The van der Waals surface area contributed by atoms with Crippen LogP contribution >= 0.6 is 23.5 Å². The van der Waals surface area contributed by atoms with Crippen LogP contribution in [0.25, 0.3) is 0 Å². The highest BCUT2D eigenvalue weighted by molar-refractivity contribution is 8.15. The number of nitrogens with one attached hydrogen (secondary N) is 1. The fourth-order valence-corrected chi connectivity index (χ4v) is 6.57. The number of fused-ring (bicyclic) bond motifs is 1. The topological polar surface area (TPSA) is 73.6 Å². The molecule has 3 rings (SSSR count). The molecule has 2 atom stereocenters. The summed E-state index contributed by atoms with van der Waals surface area (Å²) in [7, 11) is -2.99. The van der Waals surface area contributed by atoms with E-state index in [1.54, 1.807) is 23.0 Å². The summed E-state index contributed by atoms with van der Waals surface area (Å²) in [6, 6.07) is 7.75. The smallest absolute Gasteiger partial charge is 0.177 e. The molecule has 112 valence electrons. The van der Waals surface area contributed by atoms with Gasteiger partial charge >= 0.3 is 0 Å². The highest BCUT2D eigenvalue weighted by atomic mass is 32.2. The first kappa shape index (κ1) is 14.9. The Morgan fingerprint density at radius 3 is 2.76 bits per heavy atom. The molecular formula is C13H15N3O2S3. The SMILES string of the molecule is CSc1ccc(/C=N/N2C(=N)SC3CS(=O)(=O)CC32)cc1. The maximum atomic E-state index is 11.7. The van der Waals surface area contributed by atoms with Crippen LogP contribution < -0.4 is 0 Å². The monoisotopic (exact) mass is 341 g/mol. The van der Waals surface area contributed by atoms with Crippen LogP contribution in [0.3, 0.4) is 0 Å². The van der Waals surface area contributed by atoms with E-state index in [0.717, 1.165) is 5.56 Å². The molecule has 2 heterocycles. The molecule has 1 N–H and O–H groups in total. The molecule has 0 aromatic heterocycles. The van der Waals surface area contributed by atoms with Crippen molar-refractivity contribution >= 4 is 44.7 Å². The normalized spacial score (nSPS) is 27.5. The van der Waals surface area contributed by atoms with Crippen LogP contribution in [0, 0.1) is 5.41 Å². The number of sulfone groups is 1. The molecule has 1 aromatic carbocycles. The molecular weight excluding hydrogens is 326 g/mol. The third kappa shape index (κ3) is 3.12. The molecule has 8 heteroatoms. The van der Waals surface area contributed by atoms with Gasteiger partial charge in [-0.25, -0.2) is 13.4 Å². The number of amidine groups is 1. The Balaban J connectivity index is 1.76. The average Bonchev–Trinajstić information content (AvgIpc) is 2.88. The van der Waals surface area contributed by atoms with Gasteiger partial charge in [-0.2, -0.15) is 5.10 Å². The van der Waals surface area contributed by atoms with E-state index in [-0.39, 0.29) is 22.8 Å². The zero-order chi connectivity index (χ0) is 15.0. The van der Waals surface area contributed by atoms with Crippen molar-refractivity contribution in [1.29, 1.82) is 5.41 Å². The van der Waals surface area contributed by atoms with Crippen molar-refractivity contribution in [3.63, 3.8) is 0 Å². The van der Waals surface area contributed by atoms with Gasteiger partial charge in [-0.1, -0.05) is 23.9 Å². The number of hydrogen-bond donors (Lipinski definition) is 1. The van der Waals surface area contributed by atoms with E-state index in [0.29, 0.717) is 5.17 Å². The van der Waals surface area contributed by atoms with E-state index in [1.807, 2.05) is 30.5 Å². The minimum Gasteiger partial charge on any atom is -0.277 e. The summed E-state index contributed by atoms with van der Waals surface area (Å²) in [6.07, 6.45) is 3.71. The minimum absolute atomic E-state index is 0.0569. The first-order valence-electron chi connectivity index (χ1n) is 6.41. The summed E-state index contributed by atoms with van der Waals surface area (Å²) in [5.41, 5.74) is 0.940. The Morgan fingerprint density at radius 2 is 2.10 bits per heavy atom. The number of hydrogen-bond acceptors (Lipinski definition) is 6. The molecule has 2 unspecified atom stereocenters. The van der Waals surface area contributed by atoms with Gasteiger partial charge in [0.05, 0.1) is 23.8 Å². The standard InChI is InChI=1S/C13H15N3O2S3/c1-19-10-4-2-9(3-5-10)6-15-16-11-7-21(17,18)8-12(11)20-13(16)14/h2-6,11-12,14H,7-8H2,1H3/b14-13?,15-6+. The maximum absolute atomic E-state index is 11.7. The van der Waals surface area contributed by atoms with Crippen LogP contribution in [0.15, 0.2) is 34.3 Å². The summed E-state index contributed by atoms with van der Waals surface area (Å²) in [4.78, 5) is 1.18. The molecule has 1 aromatic rings. The lowest BCUT2D eigenvalue weighted by Gasteiger charge is -2.17. The fourth-order valence-electron chi connectivity index (χ4n) is 2.44. The fraction of sp³-hybridized carbons (Fsp3) is 0.385. The third-order valence-electron chi connectivity index (χ3n) is 3.50. The Labute approximate surface area is 132 Å². The van der Waals surface area contributed by atoms with Crippen LogP contribution in [-0.2, 0) is 9.84 Å². The quantitative estimate of drug-likeness (QED) is 0.671. The summed E-state index contributed by atoms with van der Waals surface area (Å²) in [5.74, 6) is 0.245. The first-order valence-corrected chi connectivity index (χ1v) is 10.3. The van der Waals surface area contributed by atoms with E-state index in [2.05, 4.69) is 5.10 Å². The van der Waals surface area contributed by atoms with Crippen LogP contribution in [0.5, 0.6) is 0 Å². The Kier molecular flexibility index (Phi) is 4.02. The van der Waals surface area contributed by atoms with Crippen LogP contribution in [0.2, 0.25) is 0 Å². The molecule has 0 amide bonds. The van der Waals surface area contributed by atoms with Gasteiger partial charge in [0.25, 0.3) is 0 Å². The van der Waals surface area contributed by atoms with Crippen molar-refractivity contribution in [2.45, 2.75) is 16.2 Å². The van der Waals surface area contributed by atoms with Crippen LogP contribution in [0.1, 0.15) is 5.56 Å². The predicted molar refractivity (Wildman–Crippen MR) is 89.2 cm³/mol. The van der Waals surface area contributed by atoms with Crippen molar-refractivity contribution in [1.82, 2.24) is 5.01 Å². The van der Waals surface area contributed by atoms with Crippen molar-refractivity contribution in [2.75, 3.05) is 17.8 Å². The van der Waals surface area contributed by atoms with Gasteiger partial charge in [0.1, 0.15) is 0 Å². The van der Waals surface area contributed by atoms with E-state index in [4.69, 9.17) is 5.41 Å². The van der Waals surface area contributed by atoms with Crippen LogP contribution in [-0.4, -0.2) is 53.9 Å². The van der Waals surface area contributed by atoms with Crippen LogP contribution in [0.4, 0.5) is 0 Å². The molecule has 0 saturated carbocycles. The zero-order valence-electron chi connectivity index (χ0n) is 11.4. The second-order valence-corrected chi connectivity index (χ2v) is 9.23. The van der Waals surface area contributed by atoms with E-state index >= 15 is 0 Å². The van der Waals surface area contributed by atoms with Gasteiger partial charge in [0.2, 0.25) is 0 Å². The second kappa shape index (κ2) is 5.66. The molecule has 0 bridgehead atoms. The van der Waals surface area contributed by atoms with E-state index < -0.39 is 9.84 Å². The first-order chi connectivity index (χ1) is 9.98. The number of nitrogens with zero attached hydrogens (tertiary/aromatic N) is 2. The van der Waals surface area contributed by atoms with E-state index in [9.17, 15) is 8.42 Å². The molecule has 0 radical (unpaired) electrons. The molecule has 2 aliphatic heterocycles. The summed E-state index contributed by atoms with van der Waals surface area (Å²) >= 11 is 2.98. The van der Waals surface area contributed by atoms with E-state index in [1.165, 1.54) is 16.7 Å². The lowest BCUT2D eigenvalue weighted by atomic mass is 10.2. The van der Waals surface area contributed by atoms with Gasteiger partial charge in [0, 0.05) is 10.1 Å². The maximum Gasteiger partial charge on any atom is 0.177 e. The highest BCUT2D eigenvalue weighted by Crippen LogP contribution is 2.37. The largest absolute Gasteiger partial charge is 0.277 e. The Morgan fingerprint density at radius 1 is 1.38 bits per heavy atom. The highest BCUT2D eigenvalue weighted by Gasteiger charge is 2.48. The summed E-state index contributed by atoms with van der Waals surface area (Å²) < 4.78 is 23.4. The van der Waals surface area contributed by atoms with Crippen molar-refractivity contribution in [2.24, 2.45) is 5.10 Å². The molecule has 2 fully saturated rings. The molecule has 2 aliphatic rings. The number of benzene rings is 1. The van der Waals surface area contributed by atoms with Gasteiger partial charge in [0.15, 0.2) is 15.0 Å². The zero-order valence-corrected chi connectivity index (χ0v) is 13.8. The lowest BCUT2D eigenvalue weighted by Crippen LogP contribution is -2.32. The molecule has 5 nitrogen and oxygen atoms in total. The summed E-state index contributed by atoms with van der Waals surface area (Å²) in [5, 5.41) is 14.1. The Hall–Kier alpha value is -0.990. The van der Waals surface area contributed by atoms with Gasteiger partial charge < -0.3 is 0 Å². The third-order valence-corrected chi connectivity index (χ3v) is 7.37. The molecule has 21 heavy (non-hydrogen) atoms. The molecule has 0 aliphatic carbocycles. The lowest BCUT2D eigenvalue weighted by molar-refractivity contribution is 0.376. The summed E-state index contributed by atoms with van der Waals surface area (Å²) in [6.45, 7) is 0. The van der Waals surface area contributed by atoms with Crippen molar-refractivity contribution in [3.05, 3.63) is 29.8 Å². The molecule has 2 saturated heterocycles. The van der Waals surface area contributed by atoms with Gasteiger partial charge in [-0.3, -0.25) is 5.41 Å². The predicted octanol–water partition coefficient (Wildman–Crippen LogP) is 1.89. The molecule has 0 spiro atoms.